The minimum Gasteiger partial charge on any atom is -0.276 e. The third-order valence-electron chi connectivity index (χ3n) is 1.45. The van der Waals surface area contributed by atoms with Crippen molar-refractivity contribution in [2.75, 3.05) is 12.9 Å². The van der Waals surface area contributed by atoms with Crippen molar-refractivity contribution in [2.45, 2.75) is 6.42 Å². The quantitative estimate of drug-likeness (QED) is 0.644. The molecule has 0 unspecified atom stereocenters. The summed E-state index contributed by atoms with van der Waals surface area (Å²) in [6, 6.07) is 0. The average molecular weight is 204 g/mol. The van der Waals surface area contributed by atoms with Crippen molar-refractivity contribution in [1.82, 2.24) is 9.78 Å². The number of nitrogens with zero attached hydrogens (tertiary/aromatic N) is 2. The van der Waals surface area contributed by atoms with Gasteiger partial charge in [0.2, 0.25) is 0 Å². The minimum absolute atomic E-state index is 0.171. The van der Waals surface area contributed by atoms with E-state index in [2.05, 4.69) is 9.28 Å². The van der Waals surface area contributed by atoms with E-state index in [0.717, 1.165) is 11.8 Å². The standard InChI is InChI=1S/C7H12N2O3S/c1-9-6-7(5-8-9)3-4-12-13(2,10)11/h5-6H,3-4H2,1-2H3. The largest absolute Gasteiger partial charge is 0.276 e. The molecule has 0 spiro atoms. The summed E-state index contributed by atoms with van der Waals surface area (Å²) in [4.78, 5) is 0. The van der Waals surface area contributed by atoms with E-state index in [0.29, 0.717) is 6.42 Å². The first kappa shape index (κ1) is 10.2. The fourth-order valence-corrected chi connectivity index (χ4v) is 1.30. The summed E-state index contributed by atoms with van der Waals surface area (Å²) in [6.07, 6.45) is 5.11. The van der Waals surface area contributed by atoms with E-state index in [-0.39, 0.29) is 6.61 Å². The van der Waals surface area contributed by atoms with Crippen LogP contribution in [0, 0.1) is 0 Å². The van der Waals surface area contributed by atoms with Crippen LogP contribution in [0.25, 0.3) is 0 Å². The minimum atomic E-state index is -3.31. The molecule has 0 amide bonds. The summed E-state index contributed by atoms with van der Waals surface area (Å²) in [6.45, 7) is 0.171. The first-order valence-corrected chi connectivity index (χ1v) is 5.61. The Kier molecular flexibility index (Phi) is 3.05. The van der Waals surface area contributed by atoms with Crippen molar-refractivity contribution in [1.29, 1.82) is 0 Å². The third-order valence-corrected chi connectivity index (χ3v) is 2.04. The van der Waals surface area contributed by atoms with Gasteiger partial charge in [0.25, 0.3) is 10.1 Å². The van der Waals surface area contributed by atoms with Gasteiger partial charge in [0.1, 0.15) is 0 Å². The van der Waals surface area contributed by atoms with Gasteiger partial charge in [-0.15, -0.1) is 0 Å². The fraction of sp³-hybridized carbons (Fsp3) is 0.571. The van der Waals surface area contributed by atoms with E-state index >= 15 is 0 Å². The molecule has 0 aliphatic carbocycles. The summed E-state index contributed by atoms with van der Waals surface area (Å²) < 4.78 is 27.4. The lowest BCUT2D eigenvalue weighted by Gasteiger charge is -1.97. The lowest BCUT2D eigenvalue weighted by Crippen LogP contribution is -2.05. The summed E-state index contributed by atoms with van der Waals surface area (Å²) in [7, 11) is -1.51. The van der Waals surface area contributed by atoms with Gasteiger partial charge in [-0.05, 0) is 5.56 Å². The van der Waals surface area contributed by atoms with Crippen molar-refractivity contribution in [3.05, 3.63) is 18.0 Å². The summed E-state index contributed by atoms with van der Waals surface area (Å²) >= 11 is 0. The first-order chi connectivity index (χ1) is 5.97. The molecule has 5 nitrogen and oxygen atoms in total. The second kappa shape index (κ2) is 3.89. The van der Waals surface area contributed by atoms with Crippen LogP contribution in [0.3, 0.4) is 0 Å². The van der Waals surface area contributed by atoms with Crippen molar-refractivity contribution >= 4 is 10.1 Å². The molecule has 0 saturated carbocycles. The second-order valence-corrected chi connectivity index (χ2v) is 4.44. The zero-order valence-electron chi connectivity index (χ0n) is 7.60. The van der Waals surface area contributed by atoms with E-state index in [1.54, 1.807) is 17.9 Å². The molecule has 1 heterocycles. The molecule has 0 radical (unpaired) electrons. The normalized spacial score (nSPS) is 11.8. The van der Waals surface area contributed by atoms with Gasteiger partial charge in [-0.3, -0.25) is 8.86 Å². The van der Waals surface area contributed by atoms with E-state index in [9.17, 15) is 8.42 Å². The van der Waals surface area contributed by atoms with Gasteiger partial charge in [-0.25, -0.2) is 0 Å². The zero-order chi connectivity index (χ0) is 9.90. The molecule has 1 aromatic heterocycles. The number of aryl methyl sites for hydroxylation is 1. The molecule has 0 bridgehead atoms. The summed E-state index contributed by atoms with van der Waals surface area (Å²) in [5, 5.41) is 3.94. The summed E-state index contributed by atoms with van der Waals surface area (Å²) in [5.74, 6) is 0. The molecule has 1 rings (SSSR count). The first-order valence-electron chi connectivity index (χ1n) is 3.79. The Morgan fingerprint density at radius 1 is 1.62 bits per heavy atom. The van der Waals surface area contributed by atoms with Crippen LogP contribution in [-0.4, -0.2) is 31.1 Å². The molecular weight excluding hydrogens is 192 g/mol. The van der Waals surface area contributed by atoms with E-state index < -0.39 is 10.1 Å². The molecule has 6 heteroatoms. The lowest BCUT2D eigenvalue weighted by molar-refractivity contribution is 0.326. The molecule has 0 N–H and O–H groups in total. The molecule has 74 valence electrons. The van der Waals surface area contributed by atoms with E-state index in [1.807, 2.05) is 6.20 Å². The van der Waals surface area contributed by atoms with Crippen LogP contribution in [0.4, 0.5) is 0 Å². The molecule has 1 aromatic rings. The highest BCUT2D eigenvalue weighted by atomic mass is 32.2. The Balaban J connectivity index is 2.36. The molecule has 0 saturated heterocycles. The van der Waals surface area contributed by atoms with Crippen LogP contribution in [0.15, 0.2) is 12.4 Å². The second-order valence-electron chi connectivity index (χ2n) is 2.80. The van der Waals surface area contributed by atoms with Crippen LogP contribution >= 0.6 is 0 Å². The SMILES string of the molecule is Cn1cc(CCOS(C)(=O)=O)cn1. The van der Waals surface area contributed by atoms with Crippen LogP contribution < -0.4 is 0 Å². The molecule has 0 aliphatic heterocycles. The van der Waals surface area contributed by atoms with Crippen molar-refractivity contribution < 1.29 is 12.6 Å². The Hall–Kier alpha value is -0.880. The van der Waals surface area contributed by atoms with Crippen molar-refractivity contribution in [2.24, 2.45) is 7.05 Å². The van der Waals surface area contributed by atoms with Crippen molar-refractivity contribution in [3.8, 4) is 0 Å². The Morgan fingerprint density at radius 2 is 2.31 bits per heavy atom. The molecule has 0 fully saturated rings. The maximum Gasteiger partial charge on any atom is 0.264 e. The van der Waals surface area contributed by atoms with E-state index in [1.165, 1.54) is 0 Å². The van der Waals surface area contributed by atoms with Crippen LogP contribution in [0.5, 0.6) is 0 Å². The van der Waals surface area contributed by atoms with Gasteiger partial charge in [0, 0.05) is 19.7 Å². The Morgan fingerprint density at radius 3 is 2.77 bits per heavy atom. The molecule has 0 aliphatic rings. The maximum atomic E-state index is 10.6. The van der Waals surface area contributed by atoms with Gasteiger partial charge >= 0.3 is 0 Å². The highest BCUT2D eigenvalue weighted by molar-refractivity contribution is 7.85. The average Bonchev–Trinajstić information content (AvgIpc) is 2.33. The lowest BCUT2D eigenvalue weighted by atomic mass is 10.3. The topological polar surface area (TPSA) is 61.2 Å². The monoisotopic (exact) mass is 204 g/mol. The number of aromatic nitrogens is 2. The maximum absolute atomic E-state index is 10.6. The molecule has 0 atom stereocenters. The molecule has 0 aromatic carbocycles. The van der Waals surface area contributed by atoms with Crippen LogP contribution in [0.2, 0.25) is 0 Å². The number of hydrogen-bond donors (Lipinski definition) is 0. The van der Waals surface area contributed by atoms with Gasteiger partial charge in [-0.2, -0.15) is 13.5 Å². The third kappa shape index (κ3) is 4.05. The van der Waals surface area contributed by atoms with Crippen LogP contribution in [0.1, 0.15) is 5.56 Å². The summed E-state index contributed by atoms with van der Waals surface area (Å²) in [5.41, 5.74) is 0.964. The van der Waals surface area contributed by atoms with Gasteiger partial charge < -0.3 is 0 Å². The molecular formula is C7H12N2O3S. The fourth-order valence-electron chi connectivity index (χ4n) is 0.912. The Bertz CT molecular complexity index is 369. The Labute approximate surface area is 77.4 Å². The highest BCUT2D eigenvalue weighted by Crippen LogP contribution is 1.98. The molecule has 13 heavy (non-hydrogen) atoms. The van der Waals surface area contributed by atoms with E-state index in [4.69, 9.17) is 0 Å². The van der Waals surface area contributed by atoms with Gasteiger partial charge in [0.15, 0.2) is 0 Å². The number of rotatable bonds is 4. The number of hydrogen-bond acceptors (Lipinski definition) is 4. The van der Waals surface area contributed by atoms with Crippen LogP contribution in [-0.2, 0) is 27.8 Å². The van der Waals surface area contributed by atoms with Crippen molar-refractivity contribution in [3.63, 3.8) is 0 Å². The predicted molar refractivity (Wildman–Crippen MR) is 47.7 cm³/mol. The smallest absolute Gasteiger partial charge is 0.264 e. The highest BCUT2D eigenvalue weighted by Gasteiger charge is 2.02. The van der Waals surface area contributed by atoms with Gasteiger partial charge in [0.05, 0.1) is 19.1 Å². The zero-order valence-corrected chi connectivity index (χ0v) is 8.41. The van der Waals surface area contributed by atoms with Gasteiger partial charge in [-0.1, -0.05) is 0 Å². The predicted octanol–water partition coefficient (Wildman–Crippen LogP) is -0.0612.